The lowest BCUT2D eigenvalue weighted by atomic mass is 10.1. The van der Waals surface area contributed by atoms with Crippen LogP contribution >= 0.6 is 0 Å². The molecule has 4 heteroatoms. The number of hydrogen-bond acceptors (Lipinski definition) is 3. The zero-order chi connectivity index (χ0) is 20.0. The predicted octanol–water partition coefficient (Wildman–Crippen LogP) is 6.82. The number of carbonyl (C=O) groups excluding carboxylic acids is 1. The van der Waals surface area contributed by atoms with E-state index in [2.05, 4.69) is 19.1 Å². The van der Waals surface area contributed by atoms with Gasteiger partial charge in [-0.05, 0) is 38.5 Å². The molecule has 0 aliphatic heterocycles. The molecule has 0 aliphatic carbocycles. The Morgan fingerprint density at radius 3 is 1.78 bits per heavy atom. The molecule has 0 aromatic heterocycles. The molecule has 0 spiro atoms. The number of hydrogen-bond donors (Lipinski definition) is 1. The molecule has 27 heavy (non-hydrogen) atoms. The van der Waals surface area contributed by atoms with Crippen molar-refractivity contribution in [1.82, 2.24) is 0 Å². The van der Waals surface area contributed by atoms with Crippen molar-refractivity contribution in [3.63, 3.8) is 0 Å². The van der Waals surface area contributed by atoms with Gasteiger partial charge >= 0.3 is 11.9 Å². The highest BCUT2D eigenvalue weighted by atomic mass is 16.5. The average molecular weight is 383 g/mol. The fourth-order valence-electron chi connectivity index (χ4n) is 2.99. The fraction of sp³-hybridized carbons (Fsp3) is 0.826. The van der Waals surface area contributed by atoms with Gasteiger partial charge in [-0.1, -0.05) is 76.9 Å². The number of rotatable bonds is 20. The Kier molecular flexibility index (Phi) is 20.0. The quantitative estimate of drug-likeness (QED) is 0.142. The van der Waals surface area contributed by atoms with E-state index in [-0.39, 0.29) is 18.8 Å². The summed E-state index contributed by atoms with van der Waals surface area (Å²) in [6.07, 6.45) is 22.9. The summed E-state index contributed by atoms with van der Waals surface area (Å²) in [6.45, 7) is 2.72. The standard InChI is InChI=1S/C23H42O4/c1-2-3-4-5-6-7-8-9-10-11-12-13-14-15-16-17-21-27-23(26)20-18-19-22(24)25/h9-10H,2-8,11-21H2,1H3,(H,24,25)/b10-9-. The van der Waals surface area contributed by atoms with Crippen molar-refractivity contribution in [2.45, 2.75) is 116 Å². The molecule has 0 amide bonds. The number of ether oxygens (including phenoxy) is 1. The Balaban J connectivity index is 3.19. The van der Waals surface area contributed by atoms with Gasteiger partial charge < -0.3 is 9.84 Å². The SMILES string of the molecule is CCCCCCCC/C=C\CCCCCCCCOC(=O)CCCC(=O)O. The van der Waals surface area contributed by atoms with Crippen molar-refractivity contribution in [3.05, 3.63) is 12.2 Å². The molecule has 0 unspecified atom stereocenters. The van der Waals surface area contributed by atoms with Crippen LogP contribution in [-0.2, 0) is 14.3 Å². The molecule has 0 radical (unpaired) electrons. The first kappa shape index (κ1) is 25.7. The fourth-order valence-corrected chi connectivity index (χ4v) is 2.99. The van der Waals surface area contributed by atoms with Gasteiger partial charge in [-0.15, -0.1) is 0 Å². The number of aliphatic carboxylic acids is 1. The third kappa shape index (κ3) is 22.6. The molecule has 0 aliphatic rings. The molecule has 158 valence electrons. The Hall–Kier alpha value is -1.32. The summed E-state index contributed by atoms with van der Waals surface area (Å²) < 4.78 is 5.10. The molecular weight excluding hydrogens is 340 g/mol. The molecule has 0 aromatic rings. The van der Waals surface area contributed by atoms with Crippen LogP contribution in [0.1, 0.15) is 116 Å². The van der Waals surface area contributed by atoms with E-state index < -0.39 is 5.97 Å². The first-order valence-electron chi connectivity index (χ1n) is 11.2. The average Bonchev–Trinajstić information content (AvgIpc) is 2.64. The maximum absolute atomic E-state index is 11.4. The Labute approximate surface area is 166 Å². The Morgan fingerprint density at radius 1 is 0.704 bits per heavy atom. The van der Waals surface area contributed by atoms with Crippen LogP contribution in [0.5, 0.6) is 0 Å². The lowest BCUT2D eigenvalue weighted by Crippen LogP contribution is -2.06. The predicted molar refractivity (Wildman–Crippen MR) is 112 cm³/mol. The second-order valence-corrected chi connectivity index (χ2v) is 7.41. The highest BCUT2D eigenvalue weighted by Crippen LogP contribution is 2.10. The van der Waals surface area contributed by atoms with E-state index >= 15 is 0 Å². The first-order chi connectivity index (χ1) is 13.2. The van der Waals surface area contributed by atoms with Crippen molar-refractivity contribution in [3.8, 4) is 0 Å². The normalized spacial score (nSPS) is 11.1. The molecular formula is C23H42O4. The molecule has 0 fully saturated rings. The van der Waals surface area contributed by atoms with E-state index in [1.165, 1.54) is 77.0 Å². The van der Waals surface area contributed by atoms with E-state index in [0.29, 0.717) is 13.0 Å². The van der Waals surface area contributed by atoms with Gasteiger partial charge in [-0.25, -0.2) is 0 Å². The number of unbranched alkanes of at least 4 members (excludes halogenated alkanes) is 12. The third-order valence-electron chi connectivity index (χ3n) is 4.69. The van der Waals surface area contributed by atoms with Crippen LogP contribution in [0.2, 0.25) is 0 Å². The summed E-state index contributed by atoms with van der Waals surface area (Å²) in [5, 5.41) is 8.50. The first-order valence-corrected chi connectivity index (χ1v) is 11.2. The number of allylic oxidation sites excluding steroid dienone is 2. The minimum absolute atomic E-state index is 0.0311. The van der Waals surface area contributed by atoms with Crippen molar-refractivity contribution in [2.75, 3.05) is 6.61 Å². The summed E-state index contributed by atoms with van der Waals surface area (Å²) in [4.78, 5) is 21.7. The van der Waals surface area contributed by atoms with E-state index in [1.54, 1.807) is 0 Å². The van der Waals surface area contributed by atoms with Gasteiger partial charge in [0.05, 0.1) is 6.61 Å². The lowest BCUT2D eigenvalue weighted by Gasteiger charge is -2.04. The van der Waals surface area contributed by atoms with E-state index in [1.807, 2.05) is 0 Å². The third-order valence-corrected chi connectivity index (χ3v) is 4.69. The van der Waals surface area contributed by atoms with Crippen LogP contribution in [0.25, 0.3) is 0 Å². The molecule has 4 nitrogen and oxygen atoms in total. The van der Waals surface area contributed by atoms with E-state index in [0.717, 1.165) is 12.8 Å². The van der Waals surface area contributed by atoms with Crippen molar-refractivity contribution >= 4 is 11.9 Å². The number of carboxylic acids is 1. The van der Waals surface area contributed by atoms with Crippen LogP contribution < -0.4 is 0 Å². The highest BCUT2D eigenvalue weighted by molar-refractivity contribution is 5.71. The maximum atomic E-state index is 11.4. The summed E-state index contributed by atoms with van der Waals surface area (Å²) >= 11 is 0. The van der Waals surface area contributed by atoms with Crippen LogP contribution in [0, 0.1) is 0 Å². The van der Waals surface area contributed by atoms with Gasteiger partial charge in [0, 0.05) is 12.8 Å². The summed E-state index contributed by atoms with van der Waals surface area (Å²) in [6, 6.07) is 0. The molecule has 1 N–H and O–H groups in total. The second kappa shape index (κ2) is 21.0. The summed E-state index contributed by atoms with van der Waals surface area (Å²) in [7, 11) is 0. The van der Waals surface area contributed by atoms with E-state index in [9.17, 15) is 9.59 Å². The minimum atomic E-state index is -0.865. The number of carboxylic acid groups (broad SMARTS) is 1. The Bertz CT molecular complexity index is 377. The monoisotopic (exact) mass is 382 g/mol. The summed E-state index contributed by atoms with van der Waals surface area (Å²) in [5.41, 5.74) is 0. The molecule has 0 rings (SSSR count). The number of esters is 1. The van der Waals surface area contributed by atoms with Crippen molar-refractivity contribution in [1.29, 1.82) is 0 Å². The van der Waals surface area contributed by atoms with Gasteiger partial charge in [0.15, 0.2) is 0 Å². The van der Waals surface area contributed by atoms with Gasteiger partial charge in [0.25, 0.3) is 0 Å². The molecule has 0 heterocycles. The molecule has 0 atom stereocenters. The van der Waals surface area contributed by atoms with Crippen LogP contribution in [0.15, 0.2) is 12.2 Å². The highest BCUT2D eigenvalue weighted by Gasteiger charge is 2.04. The molecule has 0 saturated carbocycles. The van der Waals surface area contributed by atoms with Crippen LogP contribution in [0.4, 0.5) is 0 Å². The number of carbonyl (C=O) groups is 2. The molecule has 0 aromatic carbocycles. The van der Waals surface area contributed by atoms with Crippen molar-refractivity contribution in [2.24, 2.45) is 0 Å². The smallest absolute Gasteiger partial charge is 0.305 e. The molecule has 0 saturated heterocycles. The minimum Gasteiger partial charge on any atom is -0.481 e. The van der Waals surface area contributed by atoms with Gasteiger partial charge in [-0.3, -0.25) is 9.59 Å². The lowest BCUT2D eigenvalue weighted by molar-refractivity contribution is -0.144. The second-order valence-electron chi connectivity index (χ2n) is 7.41. The van der Waals surface area contributed by atoms with Crippen molar-refractivity contribution < 1.29 is 19.4 Å². The van der Waals surface area contributed by atoms with E-state index in [4.69, 9.17) is 9.84 Å². The van der Waals surface area contributed by atoms with Gasteiger partial charge in [0.2, 0.25) is 0 Å². The van der Waals surface area contributed by atoms with Crippen LogP contribution in [-0.4, -0.2) is 23.7 Å². The largest absolute Gasteiger partial charge is 0.481 e. The molecule has 0 bridgehead atoms. The zero-order valence-corrected chi connectivity index (χ0v) is 17.6. The van der Waals surface area contributed by atoms with Crippen LogP contribution in [0.3, 0.4) is 0 Å². The maximum Gasteiger partial charge on any atom is 0.305 e. The zero-order valence-electron chi connectivity index (χ0n) is 17.6. The van der Waals surface area contributed by atoms with Gasteiger partial charge in [-0.2, -0.15) is 0 Å². The summed E-state index contributed by atoms with van der Waals surface area (Å²) in [5.74, 6) is -1.14. The van der Waals surface area contributed by atoms with Gasteiger partial charge in [0.1, 0.15) is 0 Å². The topological polar surface area (TPSA) is 63.6 Å². The Morgan fingerprint density at radius 2 is 1.22 bits per heavy atom.